The maximum absolute atomic E-state index is 9.57. The van der Waals surface area contributed by atoms with Gasteiger partial charge >= 0.3 is 0 Å². The first-order valence-corrected chi connectivity index (χ1v) is 13.5. The molecule has 0 aromatic rings. The van der Waals surface area contributed by atoms with Crippen LogP contribution in [0.3, 0.4) is 0 Å². The van der Waals surface area contributed by atoms with E-state index in [-0.39, 0.29) is 6.61 Å². The van der Waals surface area contributed by atoms with Gasteiger partial charge in [0.25, 0.3) is 0 Å². The second kappa shape index (κ2) is 8.57. The highest BCUT2D eigenvalue weighted by Crippen LogP contribution is 2.68. The fourth-order valence-electron chi connectivity index (χ4n) is 9.57. The molecule has 4 aliphatic rings. The minimum absolute atomic E-state index is 0.278. The summed E-state index contributed by atoms with van der Waals surface area (Å²) in [4.78, 5) is 0. The molecule has 10 atom stereocenters. The maximum Gasteiger partial charge on any atom is 0.0462 e. The third kappa shape index (κ3) is 3.64. The van der Waals surface area contributed by atoms with Crippen LogP contribution in [-0.2, 0) is 0 Å². The Morgan fingerprint density at radius 3 is 2.37 bits per heavy atom. The van der Waals surface area contributed by atoms with Gasteiger partial charge in [0.15, 0.2) is 0 Å². The topological polar surface area (TPSA) is 20.2 Å². The Balaban J connectivity index is 1.46. The van der Waals surface area contributed by atoms with Crippen LogP contribution in [0.1, 0.15) is 105 Å². The van der Waals surface area contributed by atoms with E-state index >= 15 is 0 Å². The Morgan fingerprint density at radius 2 is 1.63 bits per heavy atom. The highest BCUT2D eigenvalue weighted by atomic mass is 16.3. The van der Waals surface area contributed by atoms with Gasteiger partial charge in [0.1, 0.15) is 0 Å². The Hall–Kier alpha value is -0.300. The number of hydrogen-bond donors (Lipinski definition) is 1. The van der Waals surface area contributed by atoms with Crippen molar-refractivity contribution in [3.63, 3.8) is 0 Å². The van der Waals surface area contributed by atoms with Gasteiger partial charge in [0.2, 0.25) is 0 Å². The largest absolute Gasteiger partial charge is 0.396 e. The Kier molecular flexibility index (Phi) is 6.53. The molecule has 0 aromatic heterocycles. The summed E-state index contributed by atoms with van der Waals surface area (Å²) < 4.78 is 0. The van der Waals surface area contributed by atoms with E-state index in [1.165, 1.54) is 69.8 Å². The highest BCUT2D eigenvalue weighted by molar-refractivity contribution is 5.11. The molecular weight excluding hydrogens is 364 g/mol. The molecular formula is C29H50O. The molecule has 30 heavy (non-hydrogen) atoms. The second-order valence-corrected chi connectivity index (χ2v) is 12.9. The van der Waals surface area contributed by atoms with E-state index in [9.17, 15) is 5.11 Å². The molecule has 0 heterocycles. The van der Waals surface area contributed by atoms with Crippen LogP contribution < -0.4 is 0 Å². The van der Waals surface area contributed by atoms with E-state index in [4.69, 9.17) is 0 Å². The van der Waals surface area contributed by atoms with Gasteiger partial charge in [0.05, 0.1) is 0 Å². The number of rotatable bonds is 6. The molecule has 3 unspecified atom stereocenters. The SMILES string of the molecule is C=C(C[C@@H](C)[C@H]1CC[C@H]2[C@@H]3CCC4CCCC[C@]4(C)[C@H]3CC[C@]12C)C(C)C(C)CO. The lowest BCUT2D eigenvalue weighted by Gasteiger charge is -2.61. The van der Waals surface area contributed by atoms with Crippen LogP contribution in [0.2, 0.25) is 0 Å². The van der Waals surface area contributed by atoms with Crippen molar-refractivity contribution < 1.29 is 5.11 Å². The standard InChI is InChI=1S/C29H50O/c1-19(22(4)21(3)18-30)17-20(2)25-12-13-26-24-11-10-23-9-7-8-15-28(23,5)27(24)14-16-29(25,26)6/h20-27,30H,1,7-18H2,2-6H3/t20-,21?,22?,23?,24+,25-,26+,27+,28+,29-/m1/s1. The summed E-state index contributed by atoms with van der Waals surface area (Å²) in [5.41, 5.74) is 2.60. The van der Waals surface area contributed by atoms with Crippen LogP contribution in [0.5, 0.6) is 0 Å². The molecule has 4 rings (SSSR count). The van der Waals surface area contributed by atoms with E-state index in [0.717, 1.165) is 41.9 Å². The molecule has 0 aliphatic heterocycles. The van der Waals surface area contributed by atoms with Crippen LogP contribution in [-0.4, -0.2) is 11.7 Å². The Bertz CT molecular complexity index is 624. The van der Waals surface area contributed by atoms with E-state index in [1.807, 2.05) is 0 Å². The van der Waals surface area contributed by atoms with E-state index in [1.54, 1.807) is 0 Å². The second-order valence-electron chi connectivity index (χ2n) is 12.9. The lowest BCUT2D eigenvalue weighted by molar-refractivity contribution is -0.114. The molecule has 172 valence electrons. The van der Waals surface area contributed by atoms with Gasteiger partial charge in [-0.05, 0) is 116 Å². The van der Waals surface area contributed by atoms with E-state index < -0.39 is 0 Å². The van der Waals surface area contributed by atoms with Gasteiger partial charge in [-0.3, -0.25) is 0 Å². The molecule has 0 aromatic carbocycles. The minimum atomic E-state index is 0.278. The lowest BCUT2D eigenvalue weighted by atomic mass is 9.44. The average Bonchev–Trinajstić information content (AvgIpc) is 3.09. The van der Waals surface area contributed by atoms with Crippen molar-refractivity contribution in [2.24, 2.45) is 58.2 Å². The summed E-state index contributed by atoms with van der Waals surface area (Å²) in [6, 6.07) is 0. The minimum Gasteiger partial charge on any atom is -0.396 e. The first-order valence-electron chi connectivity index (χ1n) is 13.5. The number of aliphatic hydroxyl groups is 1. The average molecular weight is 415 g/mol. The summed E-state index contributed by atoms with van der Waals surface area (Å²) >= 11 is 0. The fraction of sp³-hybridized carbons (Fsp3) is 0.931. The van der Waals surface area contributed by atoms with E-state index in [0.29, 0.717) is 22.7 Å². The number of aliphatic hydroxyl groups excluding tert-OH is 1. The molecule has 0 bridgehead atoms. The summed E-state index contributed by atoms with van der Waals surface area (Å²) in [6.07, 6.45) is 16.2. The zero-order chi connectivity index (χ0) is 21.7. The highest BCUT2D eigenvalue weighted by Gasteiger charge is 2.60. The normalized spacial score (nSPS) is 46.3. The van der Waals surface area contributed by atoms with Gasteiger partial charge < -0.3 is 5.11 Å². The molecule has 1 nitrogen and oxygen atoms in total. The molecule has 4 aliphatic carbocycles. The van der Waals surface area contributed by atoms with Crippen molar-refractivity contribution in [3.05, 3.63) is 12.2 Å². The van der Waals surface area contributed by atoms with Crippen LogP contribution in [0.15, 0.2) is 12.2 Å². The monoisotopic (exact) mass is 414 g/mol. The smallest absolute Gasteiger partial charge is 0.0462 e. The number of fused-ring (bicyclic) bond motifs is 5. The molecule has 1 N–H and O–H groups in total. The molecule has 0 spiro atoms. The fourth-order valence-corrected chi connectivity index (χ4v) is 9.57. The van der Waals surface area contributed by atoms with Crippen LogP contribution in [0.4, 0.5) is 0 Å². The van der Waals surface area contributed by atoms with E-state index in [2.05, 4.69) is 41.2 Å². The molecule has 0 saturated heterocycles. The summed E-state index contributed by atoms with van der Waals surface area (Å²) in [5.74, 6) is 6.41. The van der Waals surface area contributed by atoms with Crippen molar-refractivity contribution in [1.29, 1.82) is 0 Å². The number of hydrogen-bond acceptors (Lipinski definition) is 1. The van der Waals surface area contributed by atoms with Crippen LogP contribution in [0.25, 0.3) is 0 Å². The van der Waals surface area contributed by atoms with Gasteiger partial charge in [-0.1, -0.05) is 59.6 Å². The quantitative estimate of drug-likeness (QED) is 0.438. The van der Waals surface area contributed by atoms with Crippen molar-refractivity contribution in [1.82, 2.24) is 0 Å². The Morgan fingerprint density at radius 1 is 0.900 bits per heavy atom. The third-order valence-corrected chi connectivity index (χ3v) is 11.7. The summed E-state index contributed by atoms with van der Waals surface area (Å²) in [7, 11) is 0. The Labute approximate surface area is 187 Å². The molecule has 0 radical (unpaired) electrons. The maximum atomic E-state index is 9.57. The lowest BCUT2D eigenvalue weighted by Crippen LogP contribution is -2.53. The molecule has 4 fully saturated rings. The van der Waals surface area contributed by atoms with Gasteiger partial charge in [0, 0.05) is 6.61 Å². The van der Waals surface area contributed by atoms with Crippen molar-refractivity contribution in [2.45, 2.75) is 105 Å². The molecule has 0 amide bonds. The summed E-state index contributed by atoms with van der Waals surface area (Å²) in [6.45, 7) is 17.1. The molecule has 1 heteroatoms. The van der Waals surface area contributed by atoms with Gasteiger partial charge in [-0.15, -0.1) is 0 Å². The van der Waals surface area contributed by atoms with Gasteiger partial charge in [-0.2, -0.15) is 0 Å². The zero-order valence-electron chi connectivity index (χ0n) is 20.8. The zero-order valence-corrected chi connectivity index (χ0v) is 20.8. The van der Waals surface area contributed by atoms with Crippen molar-refractivity contribution in [3.8, 4) is 0 Å². The summed E-state index contributed by atoms with van der Waals surface area (Å²) in [5, 5.41) is 9.57. The first kappa shape index (κ1) is 22.9. The first-order chi connectivity index (χ1) is 14.2. The third-order valence-electron chi connectivity index (χ3n) is 11.7. The van der Waals surface area contributed by atoms with Crippen LogP contribution in [0, 0.1) is 58.2 Å². The van der Waals surface area contributed by atoms with Crippen molar-refractivity contribution in [2.75, 3.05) is 6.61 Å². The molecule has 4 saturated carbocycles. The van der Waals surface area contributed by atoms with Crippen molar-refractivity contribution >= 4 is 0 Å². The predicted octanol–water partition coefficient (Wildman–Crippen LogP) is 7.88. The van der Waals surface area contributed by atoms with Crippen LogP contribution >= 0.6 is 0 Å². The number of allylic oxidation sites excluding steroid dienone is 1. The predicted molar refractivity (Wildman–Crippen MR) is 128 cm³/mol. The van der Waals surface area contributed by atoms with Gasteiger partial charge in [-0.25, -0.2) is 0 Å².